The Morgan fingerprint density at radius 1 is 1.16 bits per heavy atom. The van der Waals surface area contributed by atoms with Gasteiger partial charge in [-0.2, -0.15) is 0 Å². The number of allylic oxidation sites excluding steroid dienone is 6. The van der Waals surface area contributed by atoms with Gasteiger partial charge in [0.1, 0.15) is 5.54 Å². The predicted molar refractivity (Wildman–Crippen MR) is 104 cm³/mol. The second kappa shape index (κ2) is 7.05. The highest BCUT2D eigenvalue weighted by Crippen LogP contribution is 2.47. The molecular formula is C22H23ClN2. The van der Waals surface area contributed by atoms with Crippen LogP contribution in [0.15, 0.2) is 84.5 Å². The highest BCUT2D eigenvalue weighted by molar-refractivity contribution is 6.22. The van der Waals surface area contributed by atoms with Crippen molar-refractivity contribution in [2.45, 2.75) is 43.0 Å². The summed E-state index contributed by atoms with van der Waals surface area (Å²) in [7, 11) is 0. The van der Waals surface area contributed by atoms with Gasteiger partial charge < -0.3 is 4.57 Å². The molecule has 0 N–H and O–H groups in total. The first-order chi connectivity index (χ1) is 12.3. The van der Waals surface area contributed by atoms with Crippen molar-refractivity contribution in [1.82, 2.24) is 9.55 Å². The SMILES string of the molecule is ClC1CC=CC=C1C(C1=CCCCC1)(c1ccccc1)n1ccnc1. The number of rotatable bonds is 4. The maximum atomic E-state index is 6.87. The lowest BCUT2D eigenvalue weighted by molar-refractivity contribution is 0.444. The quantitative estimate of drug-likeness (QED) is 0.516. The molecule has 2 aliphatic rings. The van der Waals surface area contributed by atoms with Crippen LogP contribution in [0.3, 0.4) is 0 Å². The van der Waals surface area contributed by atoms with E-state index in [0.717, 1.165) is 19.3 Å². The van der Waals surface area contributed by atoms with Crippen LogP contribution in [0.5, 0.6) is 0 Å². The summed E-state index contributed by atoms with van der Waals surface area (Å²) in [6.07, 6.45) is 20.4. The van der Waals surface area contributed by atoms with Gasteiger partial charge in [-0.25, -0.2) is 4.98 Å². The minimum absolute atomic E-state index is 0.0181. The molecule has 2 atom stereocenters. The third-order valence-electron chi connectivity index (χ3n) is 5.35. The number of hydrogen-bond acceptors (Lipinski definition) is 1. The smallest absolute Gasteiger partial charge is 0.115 e. The number of hydrogen-bond donors (Lipinski definition) is 0. The lowest BCUT2D eigenvalue weighted by Crippen LogP contribution is -2.42. The second-order valence-corrected chi connectivity index (χ2v) is 7.30. The van der Waals surface area contributed by atoms with Crippen LogP contribution < -0.4 is 0 Å². The zero-order chi connectivity index (χ0) is 17.1. The number of imidazole rings is 1. The Bertz CT molecular complexity index is 802. The molecule has 2 aliphatic carbocycles. The van der Waals surface area contributed by atoms with E-state index in [1.807, 2.05) is 12.5 Å². The first-order valence-corrected chi connectivity index (χ1v) is 9.52. The summed E-state index contributed by atoms with van der Waals surface area (Å²) in [5.74, 6) is 0. The summed E-state index contributed by atoms with van der Waals surface area (Å²) in [6, 6.07) is 10.8. The van der Waals surface area contributed by atoms with Gasteiger partial charge in [-0.1, -0.05) is 54.6 Å². The number of alkyl halides is 1. The molecule has 0 saturated heterocycles. The Morgan fingerprint density at radius 2 is 2.04 bits per heavy atom. The van der Waals surface area contributed by atoms with Crippen molar-refractivity contribution in [3.63, 3.8) is 0 Å². The summed E-state index contributed by atoms with van der Waals surface area (Å²) >= 11 is 6.87. The van der Waals surface area contributed by atoms with Crippen molar-refractivity contribution < 1.29 is 0 Å². The van der Waals surface area contributed by atoms with Gasteiger partial charge >= 0.3 is 0 Å². The monoisotopic (exact) mass is 350 g/mol. The molecule has 1 aromatic carbocycles. The van der Waals surface area contributed by atoms with Gasteiger partial charge in [0.25, 0.3) is 0 Å². The van der Waals surface area contributed by atoms with E-state index >= 15 is 0 Å². The molecule has 0 bridgehead atoms. The van der Waals surface area contributed by atoms with Crippen molar-refractivity contribution in [1.29, 1.82) is 0 Å². The molecule has 0 saturated carbocycles. The second-order valence-electron chi connectivity index (χ2n) is 6.77. The first-order valence-electron chi connectivity index (χ1n) is 9.08. The standard InChI is InChI=1S/C22H23ClN2/c23-21-14-8-7-13-20(21)22(25-16-15-24-17-25,18-9-3-1-4-10-18)19-11-5-2-6-12-19/h1,3-4,7-11,13,15-17,21H,2,5-6,12,14H2. The first kappa shape index (κ1) is 16.4. The van der Waals surface area contributed by atoms with E-state index in [-0.39, 0.29) is 10.9 Å². The van der Waals surface area contributed by atoms with E-state index in [2.05, 4.69) is 70.4 Å². The van der Waals surface area contributed by atoms with Gasteiger partial charge in [0.15, 0.2) is 0 Å². The highest BCUT2D eigenvalue weighted by atomic mass is 35.5. The van der Waals surface area contributed by atoms with E-state index in [1.54, 1.807) is 0 Å². The number of aromatic nitrogens is 2. The molecule has 2 unspecified atom stereocenters. The molecule has 0 amide bonds. The van der Waals surface area contributed by atoms with Crippen LogP contribution in [-0.2, 0) is 5.54 Å². The molecule has 0 fully saturated rings. The average Bonchev–Trinajstić information content (AvgIpc) is 3.21. The molecule has 3 heteroatoms. The molecule has 1 heterocycles. The van der Waals surface area contributed by atoms with Crippen LogP contribution in [0.2, 0.25) is 0 Å². The topological polar surface area (TPSA) is 17.8 Å². The van der Waals surface area contributed by atoms with E-state index in [1.165, 1.54) is 29.6 Å². The molecular weight excluding hydrogens is 328 g/mol. The van der Waals surface area contributed by atoms with Crippen molar-refractivity contribution in [2.24, 2.45) is 0 Å². The van der Waals surface area contributed by atoms with Gasteiger partial charge in [-0.15, -0.1) is 11.6 Å². The Labute approximate surface area is 154 Å². The van der Waals surface area contributed by atoms with E-state index < -0.39 is 0 Å². The Balaban J connectivity index is 2.03. The molecule has 0 spiro atoms. The van der Waals surface area contributed by atoms with Crippen molar-refractivity contribution in [3.8, 4) is 0 Å². The molecule has 25 heavy (non-hydrogen) atoms. The van der Waals surface area contributed by atoms with Crippen molar-refractivity contribution in [3.05, 3.63) is 90.1 Å². The lowest BCUT2D eigenvalue weighted by Gasteiger charge is -2.43. The fourth-order valence-electron chi connectivity index (χ4n) is 4.25. The van der Waals surface area contributed by atoms with Crippen LogP contribution >= 0.6 is 11.6 Å². The number of nitrogens with zero attached hydrogens (tertiary/aromatic N) is 2. The lowest BCUT2D eigenvalue weighted by atomic mass is 9.70. The normalized spacial score (nSPS) is 22.8. The van der Waals surface area contributed by atoms with Crippen molar-refractivity contribution in [2.75, 3.05) is 0 Å². The maximum absolute atomic E-state index is 6.87. The zero-order valence-electron chi connectivity index (χ0n) is 14.3. The number of benzene rings is 1. The number of halogens is 1. The zero-order valence-corrected chi connectivity index (χ0v) is 15.1. The Hall–Kier alpha value is -2.06. The molecule has 0 aliphatic heterocycles. The highest BCUT2D eigenvalue weighted by Gasteiger charge is 2.44. The average molecular weight is 351 g/mol. The molecule has 0 radical (unpaired) electrons. The van der Waals surface area contributed by atoms with E-state index in [9.17, 15) is 0 Å². The Morgan fingerprint density at radius 3 is 2.72 bits per heavy atom. The maximum Gasteiger partial charge on any atom is 0.115 e. The summed E-state index contributed by atoms with van der Waals surface area (Å²) < 4.78 is 2.25. The van der Waals surface area contributed by atoms with Gasteiger partial charge in [0, 0.05) is 12.4 Å². The van der Waals surface area contributed by atoms with Gasteiger partial charge in [0.05, 0.1) is 11.7 Å². The minimum atomic E-state index is -0.380. The van der Waals surface area contributed by atoms with Crippen LogP contribution in [0.25, 0.3) is 0 Å². The molecule has 2 nitrogen and oxygen atoms in total. The van der Waals surface area contributed by atoms with Crippen LogP contribution in [0.4, 0.5) is 0 Å². The molecule has 2 aromatic rings. The molecule has 1 aromatic heterocycles. The largest absolute Gasteiger partial charge is 0.320 e. The van der Waals surface area contributed by atoms with Gasteiger partial charge in [-0.3, -0.25) is 0 Å². The third kappa shape index (κ3) is 2.79. The minimum Gasteiger partial charge on any atom is -0.320 e. The summed E-state index contributed by atoms with van der Waals surface area (Å²) in [4.78, 5) is 4.38. The molecule has 128 valence electrons. The Kier molecular flexibility index (Phi) is 4.63. The fourth-order valence-corrected chi connectivity index (χ4v) is 4.59. The fraction of sp³-hybridized carbons (Fsp3) is 0.318. The van der Waals surface area contributed by atoms with Crippen LogP contribution in [-0.4, -0.2) is 14.9 Å². The van der Waals surface area contributed by atoms with E-state index in [4.69, 9.17) is 11.6 Å². The van der Waals surface area contributed by atoms with E-state index in [0.29, 0.717) is 0 Å². The third-order valence-corrected chi connectivity index (χ3v) is 5.76. The van der Waals surface area contributed by atoms with Crippen LogP contribution in [0.1, 0.15) is 37.7 Å². The molecule has 4 rings (SSSR count). The summed E-state index contributed by atoms with van der Waals surface area (Å²) in [5, 5.41) is -0.0181. The van der Waals surface area contributed by atoms with Gasteiger partial charge in [-0.05, 0) is 48.8 Å². The van der Waals surface area contributed by atoms with Gasteiger partial charge in [0.2, 0.25) is 0 Å². The van der Waals surface area contributed by atoms with Crippen molar-refractivity contribution >= 4 is 11.6 Å². The summed E-state index contributed by atoms with van der Waals surface area (Å²) in [6.45, 7) is 0. The summed E-state index contributed by atoms with van der Waals surface area (Å²) in [5.41, 5.74) is 3.56. The predicted octanol–water partition coefficient (Wildman–Crippen LogP) is 5.62. The van der Waals surface area contributed by atoms with Crippen LogP contribution in [0, 0.1) is 0 Å².